The number of halogens is 1. The van der Waals surface area contributed by atoms with Crippen LogP contribution < -0.4 is 0 Å². The van der Waals surface area contributed by atoms with E-state index >= 15 is 4.39 Å². The molecule has 1 aliphatic rings. The van der Waals surface area contributed by atoms with Crippen LogP contribution in [0.5, 0.6) is 0 Å². The van der Waals surface area contributed by atoms with Gasteiger partial charge in [0.25, 0.3) is 0 Å². The summed E-state index contributed by atoms with van der Waals surface area (Å²) in [5.74, 6) is 0.237. The number of para-hydroxylation sites is 1. The number of pyridine rings is 1. The van der Waals surface area contributed by atoms with Gasteiger partial charge in [0.05, 0.1) is 5.69 Å². The van der Waals surface area contributed by atoms with Crippen molar-refractivity contribution in [3.8, 4) is 11.3 Å². The summed E-state index contributed by atoms with van der Waals surface area (Å²) in [7, 11) is 0. The molecular formula is C27H22FNO. The van der Waals surface area contributed by atoms with E-state index in [1.807, 2.05) is 30.5 Å². The number of benzene rings is 3. The van der Waals surface area contributed by atoms with Gasteiger partial charge in [-0.15, -0.1) is 0 Å². The third-order valence-electron chi connectivity index (χ3n) is 6.56. The molecule has 0 N–H and O–H groups in total. The first-order valence-corrected chi connectivity index (χ1v) is 10.7. The van der Waals surface area contributed by atoms with Crippen LogP contribution in [0, 0.1) is 12.7 Å². The number of nitrogens with zero attached hydrogens (tertiary/aromatic N) is 1. The van der Waals surface area contributed by atoms with Crippen LogP contribution in [-0.2, 0) is 0 Å². The molecule has 3 heteroatoms. The van der Waals surface area contributed by atoms with E-state index in [0.717, 1.165) is 67.9 Å². The summed E-state index contributed by atoms with van der Waals surface area (Å²) in [4.78, 5) is 4.90. The van der Waals surface area contributed by atoms with E-state index in [9.17, 15) is 0 Å². The third kappa shape index (κ3) is 2.58. The van der Waals surface area contributed by atoms with Crippen LogP contribution in [0.1, 0.15) is 42.7 Å². The van der Waals surface area contributed by atoms with Crippen molar-refractivity contribution in [1.29, 1.82) is 0 Å². The van der Waals surface area contributed by atoms with Crippen molar-refractivity contribution >= 4 is 32.7 Å². The van der Waals surface area contributed by atoms with E-state index in [4.69, 9.17) is 9.40 Å². The van der Waals surface area contributed by atoms with Gasteiger partial charge in [0.1, 0.15) is 17.0 Å². The smallest absolute Gasteiger partial charge is 0.144 e. The van der Waals surface area contributed by atoms with Crippen LogP contribution in [0.2, 0.25) is 0 Å². The average Bonchev–Trinajstić information content (AvgIpc) is 3.41. The van der Waals surface area contributed by atoms with Crippen LogP contribution in [0.25, 0.3) is 44.0 Å². The molecule has 1 fully saturated rings. The zero-order valence-corrected chi connectivity index (χ0v) is 16.9. The summed E-state index contributed by atoms with van der Waals surface area (Å²) in [6.45, 7) is 2.08. The molecule has 6 rings (SSSR count). The minimum absolute atomic E-state index is 0.161. The van der Waals surface area contributed by atoms with Gasteiger partial charge in [-0.1, -0.05) is 43.2 Å². The lowest BCUT2D eigenvalue weighted by atomic mass is 9.91. The Balaban J connectivity index is 1.69. The maximum Gasteiger partial charge on any atom is 0.144 e. The summed E-state index contributed by atoms with van der Waals surface area (Å²) in [5, 5.41) is 3.76. The summed E-state index contributed by atoms with van der Waals surface area (Å²) in [5.41, 5.74) is 5.58. The Morgan fingerprint density at radius 1 is 0.933 bits per heavy atom. The summed E-state index contributed by atoms with van der Waals surface area (Å²) < 4.78 is 21.4. The third-order valence-corrected chi connectivity index (χ3v) is 6.56. The molecule has 0 saturated heterocycles. The fourth-order valence-electron chi connectivity index (χ4n) is 5.19. The molecular weight excluding hydrogens is 373 g/mol. The zero-order valence-electron chi connectivity index (χ0n) is 16.9. The molecule has 2 aromatic heterocycles. The SMILES string of the molecule is Cc1cc(-c2ncc(C3CCCC3)c3c(F)cccc23)c2oc3ccccc3c2c1. The second-order valence-electron chi connectivity index (χ2n) is 8.49. The minimum atomic E-state index is -0.161. The highest BCUT2D eigenvalue weighted by molar-refractivity contribution is 6.12. The number of fused-ring (bicyclic) bond motifs is 4. The predicted octanol–water partition coefficient (Wildman–Crippen LogP) is 7.91. The van der Waals surface area contributed by atoms with Gasteiger partial charge in [0, 0.05) is 33.3 Å². The Hall–Kier alpha value is -3.20. The predicted molar refractivity (Wildman–Crippen MR) is 120 cm³/mol. The molecule has 0 amide bonds. The van der Waals surface area contributed by atoms with Crippen molar-refractivity contribution in [3.05, 3.63) is 77.7 Å². The molecule has 0 atom stereocenters. The van der Waals surface area contributed by atoms with Crippen LogP contribution in [-0.4, -0.2) is 4.98 Å². The van der Waals surface area contributed by atoms with Crippen LogP contribution in [0.3, 0.4) is 0 Å². The fourth-order valence-corrected chi connectivity index (χ4v) is 5.19. The molecule has 148 valence electrons. The lowest BCUT2D eigenvalue weighted by Gasteiger charge is -2.16. The highest BCUT2D eigenvalue weighted by Gasteiger charge is 2.24. The van der Waals surface area contributed by atoms with Crippen LogP contribution >= 0.6 is 0 Å². The van der Waals surface area contributed by atoms with Crippen LogP contribution in [0.4, 0.5) is 4.39 Å². The van der Waals surface area contributed by atoms with Gasteiger partial charge in [0.2, 0.25) is 0 Å². The minimum Gasteiger partial charge on any atom is -0.455 e. The normalized spacial score (nSPS) is 15.0. The molecule has 1 saturated carbocycles. The van der Waals surface area contributed by atoms with Crippen molar-refractivity contribution in [2.45, 2.75) is 38.5 Å². The number of rotatable bonds is 2. The zero-order chi connectivity index (χ0) is 20.2. The summed E-state index contributed by atoms with van der Waals surface area (Å²) in [6, 6.07) is 17.7. The molecule has 0 unspecified atom stereocenters. The Morgan fingerprint density at radius 2 is 1.73 bits per heavy atom. The molecule has 5 aromatic rings. The first-order chi connectivity index (χ1) is 14.7. The van der Waals surface area contributed by atoms with Crippen molar-refractivity contribution in [3.63, 3.8) is 0 Å². The largest absolute Gasteiger partial charge is 0.455 e. The molecule has 0 bridgehead atoms. The summed E-state index contributed by atoms with van der Waals surface area (Å²) >= 11 is 0. The maximum atomic E-state index is 15.1. The molecule has 1 aliphatic carbocycles. The second-order valence-corrected chi connectivity index (χ2v) is 8.49. The Kier molecular flexibility index (Phi) is 3.92. The van der Waals surface area contributed by atoms with Gasteiger partial charge in [-0.2, -0.15) is 0 Å². The highest BCUT2D eigenvalue weighted by Crippen LogP contribution is 2.42. The van der Waals surface area contributed by atoms with E-state index in [1.54, 1.807) is 12.1 Å². The lowest BCUT2D eigenvalue weighted by molar-refractivity contribution is 0.634. The molecule has 3 aromatic carbocycles. The van der Waals surface area contributed by atoms with Crippen molar-refractivity contribution in [2.24, 2.45) is 0 Å². The molecule has 2 heterocycles. The number of hydrogen-bond donors (Lipinski definition) is 0. The maximum absolute atomic E-state index is 15.1. The van der Waals surface area contributed by atoms with E-state index < -0.39 is 0 Å². The highest BCUT2D eigenvalue weighted by atomic mass is 19.1. The monoisotopic (exact) mass is 395 g/mol. The Bertz CT molecular complexity index is 1430. The Morgan fingerprint density at radius 3 is 2.60 bits per heavy atom. The van der Waals surface area contributed by atoms with Crippen molar-refractivity contribution in [1.82, 2.24) is 4.98 Å². The van der Waals surface area contributed by atoms with E-state index in [-0.39, 0.29) is 5.82 Å². The molecule has 0 spiro atoms. The first-order valence-electron chi connectivity index (χ1n) is 10.7. The number of aromatic nitrogens is 1. The van der Waals surface area contributed by atoms with E-state index in [0.29, 0.717) is 5.92 Å². The van der Waals surface area contributed by atoms with Gasteiger partial charge in [-0.05, 0) is 61.1 Å². The lowest BCUT2D eigenvalue weighted by Crippen LogP contribution is -1.99. The standard InChI is InChI=1S/C27H22FNO/c1-16-13-20-18-9-4-5-12-24(18)30-27(20)21(14-16)26-19-10-6-11-23(28)25(19)22(15-29-26)17-7-2-3-8-17/h4-6,9-15,17H,2-3,7-8H2,1H3. The number of aryl methyl sites for hydroxylation is 1. The fraction of sp³-hybridized carbons (Fsp3) is 0.222. The quantitative estimate of drug-likeness (QED) is 0.303. The second kappa shape index (κ2) is 6.66. The van der Waals surface area contributed by atoms with Gasteiger partial charge in [-0.3, -0.25) is 4.98 Å². The van der Waals surface area contributed by atoms with Gasteiger partial charge in [0.15, 0.2) is 0 Å². The first kappa shape index (κ1) is 17.6. The van der Waals surface area contributed by atoms with Gasteiger partial charge in [-0.25, -0.2) is 4.39 Å². The van der Waals surface area contributed by atoms with Gasteiger partial charge >= 0.3 is 0 Å². The Labute approximate surface area is 174 Å². The number of furan rings is 1. The molecule has 2 nitrogen and oxygen atoms in total. The van der Waals surface area contributed by atoms with E-state index in [2.05, 4.69) is 25.1 Å². The topological polar surface area (TPSA) is 26.0 Å². The van der Waals surface area contributed by atoms with E-state index in [1.165, 1.54) is 12.8 Å². The van der Waals surface area contributed by atoms with Gasteiger partial charge < -0.3 is 4.42 Å². The molecule has 0 aliphatic heterocycles. The van der Waals surface area contributed by atoms with Crippen molar-refractivity contribution < 1.29 is 8.81 Å². The van der Waals surface area contributed by atoms with Crippen molar-refractivity contribution in [2.75, 3.05) is 0 Å². The molecule has 30 heavy (non-hydrogen) atoms. The summed E-state index contributed by atoms with van der Waals surface area (Å²) in [6.07, 6.45) is 6.55. The number of hydrogen-bond acceptors (Lipinski definition) is 2. The van der Waals surface area contributed by atoms with Crippen LogP contribution in [0.15, 0.2) is 65.2 Å². The molecule has 0 radical (unpaired) electrons. The average molecular weight is 395 g/mol.